The van der Waals surface area contributed by atoms with Crippen molar-refractivity contribution in [2.75, 3.05) is 0 Å². The van der Waals surface area contributed by atoms with Gasteiger partial charge in [0.1, 0.15) is 0 Å². The maximum absolute atomic E-state index is 4.35. The van der Waals surface area contributed by atoms with Crippen molar-refractivity contribution in [2.24, 2.45) is 0 Å². The summed E-state index contributed by atoms with van der Waals surface area (Å²) in [6, 6.07) is 9.50. The zero-order chi connectivity index (χ0) is 10.1. The number of aromatic nitrogens is 4. The van der Waals surface area contributed by atoms with Crippen LogP contribution in [0.25, 0.3) is 22.7 Å². The molecule has 81 valence electrons. The first kappa shape index (κ1) is 10.9. The van der Waals surface area contributed by atoms with Crippen LogP contribution in [0.4, 0.5) is 0 Å². The van der Waals surface area contributed by atoms with Crippen molar-refractivity contribution in [3.05, 3.63) is 42.7 Å². The predicted molar refractivity (Wildman–Crippen MR) is 56.1 cm³/mol. The molecule has 0 fully saturated rings. The summed E-state index contributed by atoms with van der Waals surface area (Å²) in [5.41, 5.74) is 1.75. The van der Waals surface area contributed by atoms with Crippen LogP contribution in [0.3, 0.4) is 0 Å². The number of benzene rings is 1. The van der Waals surface area contributed by atoms with E-state index in [1.807, 2.05) is 24.3 Å². The van der Waals surface area contributed by atoms with Gasteiger partial charge in [-0.3, -0.25) is 0 Å². The summed E-state index contributed by atoms with van der Waals surface area (Å²) in [5, 5.41) is 0. The third-order valence-electron chi connectivity index (χ3n) is 2.10. The van der Waals surface area contributed by atoms with Crippen LogP contribution in [0.2, 0.25) is 0 Å². The van der Waals surface area contributed by atoms with E-state index in [9.17, 15) is 0 Å². The van der Waals surface area contributed by atoms with E-state index in [2.05, 4.69) is 19.9 Å². The Labute approximate surface area is 105 Å². The van der Waals surface area contributed by atoms with Crippen LogP contribution in [-0.4, -0.2) is 15.0 Å². The Hall–Kier alpha value is -1.61. The molecule has 0 saturated heterocycles. The quantitative estimate of drug-likeness (QED) is 0.641. The zero-order valence-corrected chi connectivity index (χ0v) is 9.80. The van der Waals surface area contributed by atoms with Gasteiger partial charge in [0.15, 0.2) is 5.82 Å². The fourth-order valence-electron chi connectivity index (χ4n) is 1.42. The molecule has 1 radical (unpaired) electrons. The van der Waals surface area contributed by atoms with Gasteiger partial charge >= 0.3 is 0 Å². The Morgan fingerprint density at radius 3 is 2.44 bits per heavy atom. The molecule has 0 saturated carbocycles. The van der Waals surface area contributed by atoms with Gasteiger partial charge in [0, 0.05) is 31.9 Å². The predicted octanol–water partition coefficient (Wildman–Crippen LogP) is 1.65. The standard InChI is InChI=1S/C11H7N4.Rh/c1-2-5-9-8(4-1)14-11(15-9)10-12-6-3-7-13-10;/h1-7H;/q-1;. The molecule has 3 rings (SSSR count). The van der Waals surface area contributed by atoms with E-state index >= 15 is 0 Å². The first-order valence-electron chi connectivity index (χ1n) is 4.60. The Balaban J connectivity index is 0.000000963. The van der Waals surface area contributed by atoms with Crippen LogP contribution in [0.1, 0.15) is 0 Å². The maximum atomic E-state index is 4.35. The monoisotopic (exact) mass is 298 g/mol. The molecule has 16 heavy (non-hydrogen) atoms. The van der Waals surface area contributed by atoms with Gasteiger partial charge < -0.3 is 9.97 Å². The summed E-state index contributed by atoms with van der Waals surface area (Å²) in [6.45, 7) is 0. The number of nitrogens with zero attached hydrogens (tertiary/aromatic N) is 4. The van der Waals surface area contributed by atoms with Gasteiger partial charge in [0.05, 0.1) is 0 Å². The van der Waals surface area contributed by atoms with Gasteiger partial charge in [0.25, 0.3) is 0 Å². The summed E-state index contributed by atoms with van der Waals surface area (Å²) in [6.07, 6.45) is 3.37. The Morgan fingerprint density at radius 2 is 1.69 bits per heavy atom. The van der Waals surface area contributed by atoms with Crippen LogP contribution in [0.15, 0.2) is 42.7 Å². The maximum Gasteiger partial charge on any atom is 0.150 e. The second kappa shape index (κ2) is 4.49. The molecule has 0 amide bonds. The van der Waals surface area contributed by atoms with Crippen molar-refractivity contribution in [3.63, 3.8) is 0 Å². The zero-order valence-electron chi connectivity index (χ0n) is 8.16. The molecule has 3 aromatic rings. The van der Waals surface area contributed by atoms with Gasteiger partial charge in [-0.25, -0.2) is 9.97 Å². The van der Waals surface area contributed by atoms with E-state index in [4.69, 9.17) is 0 Å². The topological polar surface area (TPSA) is 52.8 Å². The molecule has 0 N–H and O–H groups in total. The van der Waals surface area contributed by atoms with Crippen LogP contribution >= 0.6 is 0 Å². The first-order chi connectivity index (χ1) is 7.43. The van der Waals surface area contributed by atoms with E-state index in [0.717, 1.165) is 11.0 Å². The minimum atomic E-state index is 0. The van der Waals surface area contributed by atoms with Crippen molar-refractivity contribution in [1.82, 2.24) is 19.9 Å². The van der Waals surface area contributed by atoms with Gasteiger partial charge in [-0.2, -0.15) is 0 Å². The van der Waals surface area contributed by atoms with Gasteiger partial charge in [-0.15, -0.1) is 0 Å². The second-order valence-electron chi connectivity index (χ2n) is 3.11. The van der Waals surface area contributed by atoms with Crippen molar-refractivity contribution in [2.45, 2.75) is 0 Å². The fraction of sp³-hybridized carbons (Fsp3) is 0. The van der Waals surface area contributed by atoms with E-state index in [0.29, 0.717) is 11.6 Å². The SMILES string of the molecule is [Rh].c1cnc(-c2nc3ccccc3[n-]2)nc1. The molecule has 0 unspecified atom stereocenters. The van der Waals surface area contributed by atoms with Crippen LogP contribution in [-0.2, 0) is 19.5 Å². The van der Waals surface area contributed by atoms with E-state index in [-0.39, 0.29) is 19.5 Å². The molecule has 2 aromatic heterocycles. The number of imidazole rings is 1. The first-order valence-corrected chi connectivity index (χ1v) is 4.60. The van der Waals surface area contributed by atoms with Crippen LogP contribution in [0.5, 0.6) is 0 Å². The Kier molecular flexibility index (Phi) is 3.06. The summed E-state index contributed by atoms with van der Waals surface area (Å²) in [5.74, 6) is 1.14. The third kappa shape index (κ3) is 1.86. The molecule has 0 aliphatic heterocycles. The van der Waals surface area contributed by atoms with E-state index in [1.165, 1.54) is 0 Å². The average molecular weight is 298 g/mol. The second-order valence-corrected chi connectivity index (χ2v) is 3.11. The number of para-hydroxylation sites is 2. The minimum Gasteiger partial charge on any atom is -0.433 e. The van der Waals surface area contributed by atoms with E-state index in [1.54, 1.807) is 18.5 Å². The Bertz CT molecular complexity index is 558. The van der Waals surface area contributed by atoms with Crippen LogP contribution < -0.4 is 4.98 Å². The molecule has 1 aromatic carbocycles. The molecule has 5 heteroatoms. The molecule has 4 nitrogen and oxygen atoms in total. The molecular weight excluding hydrogens is 291 g/mol. The number of rotatable bonds is 1. The molecule has 0 aliphatic carbocycles. The molecule has 0 bridgehead atoms. The molecule has 2 heterocycles. The third-order valence-corrected chi connectivity index (χ3v) is 2.10. The van der Waals surface area contributed by atoms with Crippen molar-refractivity contribution >= 4 is 11.0 Å². The van der Waals surface area contributed by atoms with Gasteiger partial charge in [0.2, 0.25) is 0 Å². The number of fused-ring (bicyclic) bond motifs is 1. The molecule has 0 atom stereocenters. The van der Waals surface area contributed by atoms with Crippen molar-refractivity contribution < 1.29 is 19.5 Å². The largest absolute Gasteiger partial charge is 0.433 e. The molecular formula is C11H7N4Rh-. The van der Waals surface area contributed by atoms with E-state index < -0.39 is 0 Å². The normalized spacial score (nSPS) is 10.0. The summed E-state index contributed by atoms with van der Waals surface area (Å²) in [7, 11) is 0. The fourth-order valence-corrected chi connectivity index (χ4v) is 1.42. The minimum absolute atomic E-state index is 0. The average Bonchev–Trinajstić information content (AvgIpc) is 2.74. The van der Waals surface area contributed by atoms with Crippen LogP contribution in [0, 0.1) is 0 Å². The number of hydrogen-bond donors (Lipinski definition) is 0. The summed E-state index contributed by atoms with van der Waals surface area (Å²) < 4.78 is 0. The van der Waals surface area contributed by atoms with Crippen molar-refractivity contribution in [1.29, 1.82) is 0 Å². The number of hydrogen-bond acceptors (Lipinski definition) is 3. The van der Waals surface area contributed by atoms with Gasteiger partial charge in [-0.1, -0.05) is 24.3 Å². The van der Waals surface area contributed by atoms with Crippen molar-refractivity contribution in [3.8, 4) is 11.6 Å². The molecule has 0 aliphatic rings. The summed E-state index contributed by atoms with van der Waals surface area (Å²) >= 11 is 0. The Morgan fingerprint density at radius 1 is 0.938 bits per heavy atom. The molecule has 0 spiro atoms. The summed E-state index contributed by atoms with van der Waals surface area (Å²) in [4.78, 5) is 16.9. The smallest absolute Gasteiger partial charge is 0.150 e. The van der Waals surface area contributed by atoms with Gasteiger partial charge in [-0.05, 0) is 22.9 Å².